The van der Waals surface area contributed by atoms with Gasteiger partial charge in [-0.3, -0.25) is 9.78 Å². The molecular formula is C10H7N3O4. The minimum Gasteiger partial charge on any atom is -0.492 e. The van der Waals surface area contributed by atoms with Gasteiger partial charge in [-0.05, 0) is 17.3 Å². The van der Waals surface area contributed by atoms with Gasteiger partial charge >= 0.3 is 5.69 Å². The minimum absolute atomic E-state index is 0.316. The second-order valence-corrected chi connectivity index (χ2v) is 3.19. The Morgan fingerprint density at radius 2 is 1.82 bits per heavy atom. The van der Waals surface area contributed by atoms with Gasteiger partial charge in [-0.1, -0.05) is 18.2 Å². The first kappa shape index (κ1) is 10.8. The number of nitrogens with zero attached hydrogens (tertiary/aromatic N) is 2. The molecule has 0 amide bonds. The van der Waals surface area contributed by atoms with Crippen LogP contribution in [0, 0.1) is 4.91 Å². The lowest BCUT2D eigenvalue weighted by atomic mass is 10.3. The Hall–Kier alpha value is -2.70. The maximum atomic E-state index is 11.5. The summed E-state index contributed by atoms with van der Waals surface area (Å²) in [7, 11) is 0. The number of nitroso groups, excluding NO2 is 1. The number of nitrogens with one attached hydrogen (secondary N) is 1. The van der Waals surface area contributed by atoms with Gasteiger partial charge in [0, 0.05) is 0 Å². The summed E-state index contributed by atoms with van der Waals surface area (Å²) in [5, 5.41) is 12.0. The normalized spacial score (nSPS) is 10.1. The number of H-pyrrole nitrogens is 1. The fraction of sp³-hybridized carbons (Fsp3) is 0. The first-order valence-corrected chi connectivity index (χ1v) is 4.62. The zero-order chi connectivity index (χ0) is 12.4. The molecule has 0 unspecified atom stereocenters. The molecule has 0 bridgehead atoms. The van der Waals surface area contributed by atoms with Gasteiger partial charge in [0.05, 0.1) is 5.69 Å². The molecule has 0 aliphatic carbocycles. The van der Waals surface area contributed by atoms with Crippen LogP contribution in [0.1, 0.15) is 0 Å². The summed E-state index contributed by atoms with van der Waals surface area (Å²) in [4.78, 5) is 35.0. The lowest BCUT2D eigenvalue weighted by Gasteiger charge is -2.07. The highest BCUT2D eigenvalue weighted by Crippen LogP contribution is 2.21. The molecule has 0 fully saturated rings. The van der Waals surface area contributed by atoms with E-state index in [9.17, 15) is 19.6 Å². The fourth-order valence-corrected chi connectivity index (χ4v) is 1.41. The third-order valence-corrected chi connectivity index (χ3v) is 2.17. The second kappa shape index (κ2) is 4.05. The smallest absolute Gasteiger partial charge is 0.335 e. The first-order valence-electron chi connectivity index (χ1n) is 4.62. The topological polar surface area (TPSA) is 105 Å². The maximum absolute atomic E-state index is 11.5. The number of aromatic nitrogens is 2. The summed E-state index contributed by atoms with van der Waals surface area (Å²) < 4.78 is 0.790. The molecule has 1 aromatic carbocycles. The van der Waals surface area contributed by atoms with E-state index in [-0.39, 0.29) is 0 Å². The molecule has 0 spiro atoms. The van der Waals surface area contributed by atoms with E-state index in [0.29, 0.717) is 5.69 Å². The van der Waals surface area contributed by atoms with Gasteiger partial charge in [-0.25, -0.2) is 9.36 Å². The summed E-state index contributed by atoms with van der Waals surface area (Å²) in [6.45, 7) is 0. The predicted octanol–water partition coefficient (Wildman–Crippen LogP) is 0.629. The number of hydrogen-bond acceptors (Lipinski definition) is 5. The zero-order valence-corrected chi connectivity index (χ0v) is 8.45. The van der Waals surface area contributed by atoms with Gasteiger partial charge in [0.15, 0.2) is 0 Å². The van der Waals surface area contributed by atoms with E-state index >= 15 is 0 Å². The van der Waals surface area contributed by atoms with E-state index in [1.807, 2.05) is 4.98 Å². The molecule has 2 N–H and O–H groups in total. The summed E-state index contributed by atoms with van der Waals surface area (Å²) >= 11 is 0. The van der Waals surface area contributed by atoms with Crippen LogP contribution in [0.25, 0.3) is 5.69 Å². The molecule has 1 aromatic heterocycles. The molecule has 0 aliphatic heterocycles. The monoisotopic (exact) mass is 233 g/mol. The number of aromatic hydroxyl groups is 1. The van der Waals surface area contributed by atoms with Gasteiger partial charge in [0.2, 0.25) is 11.6 Å². The third-order valence-electron chi connectivity index (χ3n) is 2.17. The molecule has 0 saturated heterocycles. The van der Waals surface area contributed by atoms with Crippen molar-refractivity contribution >= 4 is 5.69 Å². The third kappa shape index (κ3) is 1.73. The maximum Gasteiger partial charge on any atom is 0.335 e. The van der Waals surface area contributed by atoms with Crippen LogP contribution in [0.4, 0.5) is 5.69 Å². The summed E-state index contributed by atoms with van der Waals surface area (Å²) in [5.74, 6) is -0.778. The molecular weight excluding hydrogens is 226 g/mol. The first-order chi connectivity index (χ1) is 8.15. The Labute approximate surface area is 93.9 Å². The summed E-state index contributed by atoms with van der Waals surface area (Å²) in [6, 6.07) is 8.07. The van der Waals surface area contributed by atoms with Crippen molar-refractivity contribution in [3.05, 3.63) is 56.1 Å². The van der Waals surface area contributed by atoms with Crippen molar-refractivity contribution < 1.29 is 5.11 Å². The van der Waals surface area contributed by atoms with E-state index in [2.05, 4.69) is 5.18 Å². The fourth-order valence-electron chi connectivity index (χ4n) is 1.41. The Balaban J connectivity index is 2.84. The number of para-hydroxylation sites is 1. The molecule has 86 valence electrons. The SMILES string of the molecule is O=Nc1c(O)n(-c2ccccc2)c(=O)[nH]c1=O. The molecule has 7 heteroatoms. The second-order valence-electron chi connectivity index (χ2n) is 3.19. The zero-order valence-electron chi connectivity index (χ0n) is 8.45. The van der Waals surface area contributed by atoms with Crippen LogP contribution in [0.15, 0.2) is 45.1 Å². The number of rotatable bonds is 2. The molecule has 7 nitrogen and oxygen atoms in total. The molecule has 0 radical (unpaired) electrons. The van der Waals surface area contributed by atoms with Gasteiger partial charge in [0.1, 0.15) is 0 Å². The highest BCUT2D eigenvalue weighted by Gasteiger charge is 2.15. The summed E-state index contributed by atoms with van der Waals surface area (Å²) in [5.41, 5.74) is -2.27. The van der Waals surface area contributed by atoms with Gasteiger partial charge in [0.25, 0.3) is 5.56 Å². The Morgan fingerprint density at radius 1 is 1.18 bits per heavy atom. The van der Waals surface area contributed by atoms with Crippen molar-refractivity contribution in [1.29, 1.82) is 0 Å². The highest BCUT2D eigenvalue weighted by atomic mass is 16.3. The van der Waals surface area contributed by atoms with Gasteiger partial charge < -0.3 is 5.11 Å². The van der Waals surface area contributed by atoms with Gasteiger partial charge in [-0.15, -0.1) is 4.91 Å². The molecule has 0 aliphatic rings. The Bertz CT molecular complexity index is 672. The van der Waals surface area contributed by atoms with Crippen molar-refractivity contribution in [2.24, 2.45) is 5.18 Å². The van der Waals surface area contributed by atoms with E-state index in [4.69, 9.17) is 0 Å². The molecule has 2 rings (SSSR count). The van der Waals surface area contributed by atoms with Crippen LogP contribution in [-0.4, -0.2) is 14.7 Å². The molecule has 1 heterocycles. The number of benzene rings is 1. The minimum atomic E-state index is -1.02. The molecule has 2 aromatic rings. The molecule has 17 heavy (non-hydrogen) atoms. The Kier molecular flexibility index (Phi) is 2.57. The van der Waals surface area contributed by atoms with Crippen LogP contribution in [0.5, 0.6) is 5.88 Å². The average molecular weight is 233 g/mol. The lowest BCUT2D eigenvalue weighted by Crippen LogP contribution is -2.28. The molecule has 0 saturated carbocycles. The van der Waals surface area contributed by atoms with Crippen LogP contribution in [0.2, 0.25) is 0 Å². The predicted molar refractivity (Wildman–Crippen MR) is 59.8 cm³/mol. The van der Waals surface area contributed by atoms with E-state index in [0.717, 1.165) is 4.57 Å². The van der Waals surface area contributed by atoms with Crippen molar-refractivity contribution in [3.63, 3.8) is 0 Å². The van der Waals surface area contributed by atoms with Crippen molar-refractivity contribution in [3.8, 4) is 11.6 Å². The van der Waals surface area contributed by atoms with Crippen molar-refractivity contribution in [1.82, 2.24) is 9.55 Å². The van der Waals surface area contributed by atoms with Crippen LogP contribution in [0.3, 0.4) is 0 Å². The van der Waals surface area contributed by atoms with E-state index in [1.54, 1.807) is 18.2 Å². The van der Waals surface area contributed by atoms with E-state index < -0.39 is 22.8 Å². The largest absolute Gasteiger partial charge is 0.492 e. The summed E-state index contributed by atoms with van der Waals surface area (Å²) in [6.07, 6.45) is 0. The Morgan fingerprint density at radius 3 is 2.41 bits per heavy atom. The van der Waals surface area contributed by atoms with E-state index in [1.165, 1.54) is 12.1 Å². The number of aromatic amines is 1. The van der Waals surface area contributed by atoms with Crippen molar-refractivity contribution in [2.45, 2.75) is 0 Å². The van der Waals surface area contributed by atoms with Crippen LogP contribution >= 0.6 is 0 Å². The van der Waals surface area contributed by atoms with Crippen molar-refractivity contribution in [2.75, 3.05) is 0 Å². The quantitative estimate of drug-likeness (QED) is 0.742. The van der Waals surface area contributed by atoms with Crippen LogP contribution in [-0.2, 0) is 0 Å². The standard InChI is InChI=1S/C10H7N3O4/c14-8-7(12-17)9(15)13(10(16)11-8)6-4-2-1-3-5-6/h1-5,15H,(H,11,14,16). The van der Waals surface area contributed by atoms with Crippen LogP contribution < -0.4 is 11.2 Å². The lowest BCUT2D eigenvalue weighted by molar-refractivity contribution is 0.433. The highest BCUT2D eigenvalue weighted by molar-refractivity contribution is 5.48. The number of hydrogen-bond donors (Lipinski definition) is 2. The van der Waals surface area contributed by atoms with Gasteiger partial charge in [-0.2, -0.15) is 0 Å². The average Bonchev–Trinajstić information content (AvgIpc) is 2.30. The molecule has 0 atom stereocenters.